The van der Waals surface area contributed by atoms with Crippen molar-refractivity contribution in [3.05, 3.63) is 58.9 Å². The summed E-state index contributed by atoms with van der Waals surface area (Å²) in [4.78, 5) is 4.05. The zero-order valence-electron chi connectivity index (χ0n) is 8.15. The fraction of sp³-hybridized carbons (Fsp3) is 0.0833. The first-order valence-corrected chi connectivity index (χ1v) is 5.06. The normalized spacial score (nSPS) is 10.2. The Labute approximate surface area is 93.7 Å². The van der Waals surface area contributed by atoms with Crippen molar-refractivity contribution in [3.8, 4) is 0 Å². The van der Waals surface area contributed by atoms with Gasteiger partial charge in [-0.25, -0.2) is 0 Å². The largest absolute Gasteiger partial charge is 0.398 e. The minimum Gasteiger partial charge on any atom is -0.398 e. The number of rotatable bonds is 2. The SMILES string of the molecule is Nc1ccncc1Cc1ccc(Cl)cc1. The highest BCUT2D eigenvalue weighted by Crippen LogP contribution is 2.16. The van der Waals surface area contributed by atoms with Gasteiger partial charge in [0, 0.05) is 29.5 Å². The van der Waals surface area contributed by atoms with Gasteiger partial charge < -0.3 is 5.73 Å². The topological polar surface area (TPSA) is 38.9 Å². The summed E-state index contributed by atoms with van der Waals surface area (Å²) in [5.41, 5.74) is 8.83. The maximum Gasteiger partial charge on any atom is 0.0406 e. The number of pyridine rings is 1. The van der Waals surface area contributed by atoms with Crippen molar-refractivity contribution in [2.75, 3.05) is 5.73 Å². The van der Waals surface area contributed by atoms with Gasteiger partial charge in [0.1, 0.15) is 0 Å². The number of hydrogen-bond acceptors (Lipinski definition) is 2. The monoisotopic (exact) mass is 218 g/mol. The van der Waals surface area contributed by atoms with Gasteiger partial charge in [-0.15, -0.1) is 0 Å². The van der Waals surface area contributed by atoms with E-state index in [1.54, 1.807) is 12.4 Å². The van der Waals surface area contributed by atoms with Crippen LogP contribution in [0.1, 0.15) is 11.1 Å². The number of aromatic nitrogens is 1. The summed E-state index contributed by atoms with van der Waals surface area (Å²) in [7, 11) is 0. The third kappa shape index (κ3) is 2.48. The molecule has 0 unspecified atom stereocenters. The molecule has 0 amide bonds. The zero-order chi connectivity index (χ0) is 10.7. The quantitative estimate of drug-likeness (QED) is 0.842. The zero-order valence-corrected chi connectivity index (χ0v) is 8.91. The maximum atomic E-state index is 5.83. The Hall–Kier alpha value is -1.54. The molecule has 0 aliphatic carbocycles. The molecule has 0 aliphatic heterocycles. The van der Waals surface area contributed by atoms with Crippen LogP contribution in [0.4, 0.5) is 5.69 Å². The van der Waals surface area contributed by atoms with E-state index in [9.17, 15) is 0 Å². The summed E-state index contributed by atoms with van der Waals surface area (Å²) in [6.07, 6.45) is 4.28. The first kappa shape index (κ1) is 9.99. The smallest absolute Gasteiger partial charge is 0.0406 e. The second-order valence-electron chi connectivity index (χ2n) is 3.38. The molecule has 0 saturated carbocycles. The van der Waals surface area contributed by atoms with Gasteiger partial charge in [-0.2, -0.15) is 0 Å². The van der Waals surface area contributed by atoms with Crippen LogP contribution in [-0.4, -0.2) is 4.98 Å². The predicted molar refractivity (Wildman–Crippen MR) is 62.9 cm³/mol. The summed E-state index contributed by atoms with van der Waals surface area (Å²) in [5.74, 6) is 0. The van der Waals surface area contributed by atoms with E-state index in [2.05, 4.69) is 4.98 Å². The van der Waals surface area contributed by atoms with E-state index in [1.165, 1.54) is 5.56 Å². The van der Waals surface area contributed by atoms with Gasteiger partial charge in [0.15, 0.2) is 0 Å². The molecule has 0 saturated heterocycles. The minimum atomic E-state index is 0.748. The summed E-state index contributed by atoms with van der Waals surface area (Å²) < 4.78 is 0. The van der Waals surface area contributed by atoms with E-state index in [4.69, 9.17) is 17.3 Å². The Morgan fingerprint density at radius 2 is 1.87 bits per heavy atom. The Kier molecular flexibility index (Phi) is 2.88. The first-order chi connectivity index (χ1) is 7.25. The lowest BCUT2D eigenvalue weighted by Crippen LogP contribution is -1.96. The molecule has 2 rings (SSSR count). The van der Waals surface area contributed by atoms with Crippen LogP contribution in [0.2, 0.25) is 5.02 Å². The molecule has 2 aromatic rings. The molecule has 0 radical (unpaired) electrons. The van der Waals surface area contributed by atoms with Crippen molar-refractivity contribution in [1.29, 1.82) is 0 Å². The average molecular weight is 219 g/mol. The molecular weight excluding hydrogens is 208 g/mol. The molecule has 3 heteroatoms. The van der Waals surface area contributed by atoms with Crippen LogP contribution in [0, 0.1) is 0 Å². The van der Waals surface area contributed by atoms with E-state index in [1.807, 2.05) is 30.3 Å². The summed E-state index contributed by atoms with van der Waals surface area (Å²) >= 11 is 5.81. The highest BCUT2D eigenvalue weighted by molar-refractivity contribution is 6.30. The van der Waals surface area contributed by atoms with Gasteiger partial charge in [0.2, 0.25) is 0 Å². The second-order valence-corrected chi connectivity index (χ2v) is 3.81. The number of benzene rings is 1. The van der Waals surface area contributed by atoms with Crippen molar-refractivity contribution < 1.29 is 0 Å². The van der Waals surface area contributed by atoms with Crippen molar-refractivity contribution >= 4 is 17.3 Å². The van der Waals surface area contributed by atoms with Crippen LogP contribution in [0.25, 0.3) is 0 Å². The lowest BCUT2D eigenvalue weighted by molar-refractivity contribution is 1.15. The van der Waals surface area contributed by atoms with Gasteiger partial charge >= 0.3 is 0 Å². The number of hydrogen-bond donors (Lipinski definition) is 1. The molecule has 76 valence electrons. The molecule has 1 aromatic carbocycles. The van der Waals surface area contributed by atoms with Crippen LogP contribution in [-0.2, 0) is 6.42 Å². The van der Waals surface area contributed by atoms with Crippen LogP contribution in [0.5, 0.6) is 0 Å². The van der Waals surface area contributed by atoms with E-state index in [-0.39, 0.29) is 0 Å². The predicted octanol–water partition coefficient (Wildman–Crippen LogP) is 2.91. The second kappa shape index (κ2) is 4.32. The number of anilines is 1. The minimum absolute atomic E-state index is 0.748. The molecule has 0 spiro atoms. The third-order valence-corrected chi connectivity index (χ3v) is 2.50. The molecule has 1 heterocycles. The molecule has 0 fully saturated rings. The lowest BCUT2D eigenvalue weighted by Gasteiger charge is -2.04. The summed E-state index contributed by atoms with van der Waals surface area (Å²) in [5, 5.41) is 0.748. The number of nitrogens with two attached hydrogens (primary N) is 1. The Morgan fingerprint density at radius 3 is 2.53 bits per heavy atom. The van der Waals surface area contributed by atoms with Crippen LogP contribution in [0.3, 0.4) is 0 Å². The molecule has 15 heavy (non-hydrogen) atoms. The molecule has 1 aromatic heterocycles. The number of halogens is 1. The molecule has 0 atom stereocenters. The van der Waals surface area contributed by atoms with Crippen molar-refractivity contribution in [2.45, 2.75) is 6.42 Å². The van der Waals surface area contributed by atoms with Crippen LogP contribution >= 0.6 is 11.6 Å². The highest BCUT2D eigenvalue weighted by atomic mass is 35.5. The fourth-order valence-corrected chi connectivity index (χ4v) is 1.53. The third-order valence-electron chi connectivity index (χ3n) is 2.25. The number of nitrogens with zero attached hydrogens (tertiary/aromatic N) is 1. The van der Waals surface area contributed by atoms with Gasteiger partial charge in [0.25, 0.3) is 0 Å². The van der Waals surface area contributed by atoms with Gasteiger partial charge in [0.05, 0.1) is 0 Å². The van der Waals surface area contributed by atoms with Crippen molar-refractivity contribution in [2.24, 2.45) is 0 Å². The lowest BCUT2D eigenvalue weighted by atomic mass is 10.1. The van der Waals surface area contributed by atoms with Crippen molar-refractivity contribution in [3.63, 3.8) is 0 Å². The maximum absolute atomic E-state index is 5.83. The standard InChI is InChI=1S/C12H11ClN2/c13-11-3-1-9(2-4-11)7-10-8-15-6-5-12(10)14/h1-6,8H,7H2,(H2,14,15). The molecular formula is C12H11ClN2. The first-order valence-electron chi connectivity index (χ1n) is 4.68. The Morgan fingerprint density at radius 1 is 1.13 bits per heavy atom. The van der Waals surface area contributed by atoms with Gasteiger partial charge in [-0.3, -0.25) is 4.98 Å². The van der Waals surface area contributed by atoms with Gasteiger partial charge in [-0.1, -0.05) is 23.7 Å². The molecule has 0 bridgehead atoms. The number of nitrogen functional groups attached to an aromatic ring is 1. The van der Waals surface area contributed by atoms with Gasteiger partial charge in [-0.05, 0) is 29.3 Å². The highest BCUT2D eigenvalue weighted by Gasteiger charge is 2.00. The van der Waals surface area contributed by atoms with E-state index in [0.29, 0.717) is 0 Å². The van der Waals surface area contributed by atoms with E-state index in [0.717, 1.165) is 22.7 Å². The molecule has 2 N–H and O–H groups in total. The van der Waals surface area contributed by atoms with Crippen LogP contribution in [0.15, 0.2) is 42.7 Å². The Balaban J connectivity index is 2.22. The van der Waals surface area contributed by atoms with Crippen molar-refractivity contribution in [1.82, 2.24) is 4.98 Å². The van der Waals surface area contributed by atoms with Crippen LogP contribution < -0.4 is 5.73 Å². The summed E-state index contributed by atoms with van der Waals surface area (Å²) in [6.45, 7) is 0. The Bertz CT molecular complexity index is 451. The molecule has 2 nitrogen and oxygen atoms in total. The van der Waals surface area contributed by atoms with E-state index >= 15 is 0 Å². The average Bonchev–Trinajstić information content (AvgIpc) is 2.25. The van der Waals surface area contributed by atoms with E-state index < -0.39 is 0 Å². The molecule has 0 aliphatic rings. The fourth-order valence-electron chi connectivity index (χ4n) is 1.41. The summed E-state index contributed by atoms with van der Waals surface area (Å²) in [6, 6.07) is 9.56.